The highest BCUT2D eigenvalue weighted by Crippen LogP contribution is 2.30. The molecule has 0 amide bonds. The minimum atomic E-state index is -0.775. The number of fused-ring (bicyclic) bond motifs is 1. The molecule has 0 saturated carbocycles. The van der Waals surface area contributed by atoms with Gasteiger partial charge in [0, 0.05) is 6.04 Å². The molecule has 0 spiro atoms. The first-order chi connectivity index (χ1) is 10.5. The van der Waals surface area contributed by atoms with Crippen molar-refractivity contribution in [2.45, 2.75) is 58.2 Å². The van der Waals surface area contributed by atoms with Crippen molar-refractivity contribution in [3.05, 3.63) is 23.8 Å². The summed E-state index contributed by atoms with van der Waals surface area (Å²) in [7, 11) is 0. The molecule has 0 aromatic heterocycles. The Labute approximate surface area is 132 Å². The third kappa shape index (κ3) is 4.37. The Balaban J connectivity index is 1.97. The molecular weight excluding hydrogens is 280 g/mol. The van der Waals surface area contributed by atoms with Gasteiger partial charge in [0.1, 0.15) is 17.9 Å². The van der Waals surface area contributed by atoms with Gasteiger partial charge in [-0.15, -0.1) is 0 Å². The lowest BCUT2D eigenvalue weighted by atomic mass is 10.0. The third-order valence-electron chi connectivity index (χ3n) is 3.86. The summed E-state index contributed by atoms with van der Waals surface area (Å²) in [6, 6.07) is 5.76. The van der Waals surface area contributed by atoms with Crippen molar-refractivity contribution in [3.63, 3.8) is 0 Å². The summed E-state index contributed by atoms with van der Waals surface area (Å²) < 4.78 is 5.76. The molecule has 1 aromatic rings. The number of carbonyl (C=O) groups is 1. The van der Waals surface area contributed by atoms with Crippen molar-refractivity contribution in [2.24, 2.45) is 0 Å². The van der Waals surface area contributed by atoms with E-state index in [9.17, 15) is 9.90 Å². The highest BCUT2D eigenvalue weighted by Gasteiger charge is 2.19. The van der Waals surface area contributed by atoms with E-state index in [-0.39, 0.29) is 12.1 Å². The fraction of sp³-hybridized carbons (Fsp3) is 0.588. The van der Waals surface area contributed by atoms with E-state index in [1.165, 1.54) is 5.56 Å². The average Bonchev–Trinajstić information content (AvgIpc) is 2.47. The monoisotopic (exact) mass is 306 g/mol. The molecule has 0 radical (unpaired) electrons. The lowest BCUT2D eigenvalue weighted by Gasteiger charge is -2.26. The second-order valence-electron chi connectivity index (χ2n) is 6.09. The number of hydrogen-bond donors (Lipinski definition) is 3. The topological polar surface area (TPSA) is 70.6 Å². The van der Waals surface area contributed by atoms with Crippen LogP contribution in [0.5, 0.6) is 5.75 Å². The van der Waals surface area contributed by atoms with Crippen LogP contribution in [-0.4, -0.2) is 35.8 Å². The quantitative estimate of drug-likeness (QED) is 0.722. The molecular formula is C17H26N2O3. The zero-order valence-electron chi connectivity index (χ0n) is 13.6. The Morgan fingerprint density at radius 3 is 3.00 bits per heavy atom. The van der Waals surface area contributed by atoms with E-state index in [4.69, 9.17) is 4.74 Å². The average molecular weight is 306 g/mol. The van der Waals surface area contributed by atoms with Crippen LogP contribution >= 0.6 is 0 Å². The van der Waals surface area contributed by atoms with E-state index in [0.29, 0.717) is 6.42 Å². The summed E-state index contributed by atoms with van der Waals surface area (Å²) in [5.41, 5.74) is 2.19. The molecule has 5 heteroatoms. The van der Waals surface area contributed by atoms with Crippen LogP contribution < -0.4 is 15.4 Å². The first-order valence-electron chi connectivity index (χ1n) is 8.02. The van der Waals surface area contributed by atoms with Gasteiger partial charge in [-0.2, -0.15) is 0 Å². The van der Waals surface area contributed by atoms with Gasteiger partial charge in [-0.05, 0) is 44.4 Å². The molecule has 1 aromatic carbocycles. The molecule has 1 aliphatic heterocycles. The SMILES string of the molecule is CCCC(NC(C)Cc1ccc2c(c1)NCC(C)O2)C(=O)O. The highest BCUT2D eigenvalue weighted by molar-refractivity contribution is 5.73. The van der Waals surface area contributed by atoms with E-state index >= 15 is 0 Å². The number of benzene rings is 1. The van der Waals surface area contributed by atoms with Gasteiger partial charge in [-0.3, -0.25) is 4.79 Å². The van der Waals surface area contributed by atoms with Gasteiger partial charge in [0.15, 0.2) is 0 Å². The van der Waals surface area contributed by atoms with Crippen LogP contribution in [-0.2, 0) is 11.2 Å². The minimum Gasteiger partial charge on any atom is -0.487 e. The van der Waals surface area contributed by atoms with Gasteiger partial charge < -0.3 is 20.5 Å². The van der Waals surface area contributed by atoms with Crippen molar-refractivity contribution in [1.82, 2.24) is 5.32 Å². The number of anilines is 1. The lowest BCUT2D eigenvalue weighted by Crippen LogP contribution is -2.42. The van der Waals surface area contributed by atoms with Gasteiger partial charge >= 0.3 is 5.97 Å². The van der Waals surface area contributed by atoms with Crippen molar-refractivity contribution >= 4 is 11.7 Å². The zero-order valence-corrected chi connectivity index (χ0v) is 13.6. The summed E-state index contributed by atoms with van der Waals surface area (Å²) >= 11 is 0. The van der Waals surface area contributed by atoms with Crippen LogP contribution in [0.15, 0.2) is 18.2 Å². The van der Waals surface area contributed by atoms with Crippen LogP contribution in [0, 0.1) is 0 Å². The number of hydrogen-bond acceptors (Lipinski definition) is 4. The first-order valence-corrected chi connectivity index (χ1v) is 8.02. The maximum absolute atomic E-state index is 11.2. The number of carboxylic acid groups (broad SMARTS) is 1. The molecule has 22 heavy (non-hydrogen) atoms. The Hall–Kier alpha value is -1.75. The van der Waals surface area contributed by atoms with Crippen LogP contribution in [0.3, 0.4) is 0 Å². The number of aliphatic carboxylic acids is 1. The van der Waals surface area contributed by atoms with Gasteiger partial charge in [-0.1, -0.05) is 19.4 Å². The summed E-state index contributed by atoms with van der Waals surface area (Å²) in [6.07, 6.45) is 2.48. The number of carboxylic acids is 1. The van der Waals surface area contributed by atoms with Crippen LogP contribution in [0.1, 0.15) is 39.2 Å². The first kappa shape index (κ1) is 16.6. The number of nitrogens with one attached hydrogen (secondary N) is 2. The normalized spacial score (nSPS) is 19.5. The maximum atomic E-state index is 11.2. The van der Waals surface area contributed by atoms with Crippen LogP contribution in [0.4, 0.5) is 5.69 Å². The Bertz CT molecular complexity index is 519. The van der Waals surface area contributed by atoms with Crippen molar-refractivity contribution < 1.29 is 14.6 Å². The second kappa shape index (κ2) is 7.49. The molecule has 0 fully saturated rings. The van der Waals surface area contributed by atoms with E-state index in [0.717, 1.165) is 30.8 Å². The summed E-state index contributed by atoms with van der Waals surface area (Å²) in [6.45, 7) is 6.87. The Kier molecular flexibility index (Phi) is 5.66. The summed E-state index contributed by atoms with van der Waals surface area (Å²) in [5.74, 6) is 0.112. The molecule has 1 heterocycles. The molecule has 0 saturated heterocycles. The molecule has 3 unspecified atom stereocenters. The largest absolute Gasteiger partial charge is 0.487 e. The van der Waals surface area contributed by atoms with Crippen LogP contribution in [0.25, 0.3) is 0 Å². The van der Waals surface area contributed by atoms with E-state index in [1.54, 1.807) is 0 Å². The van der Waals surface area contributed by atoms with Crippen molar-refractivity contribution in [3.8, 4) is 5.75 Å². The van der Waals surface area contributed by atoms with E-state index < -0.39 is 12.0 Å². The second-order valence-corrected chi connectivity index (χ2v) is 6.09. The minimum absolute atomic E-state index is 0.106. The molecule has 3 atom stereocenters. The highest BCUT2D eigenvalue weighted by atomic mass is 16.5. The molecule has 122 valence electrons. The van der Waals surface area contributed by atoms with Crippen LogP contribution in [0.2, 0.25) is 0 Å². The molecule has 2 rings (SSSR count). The molecule has 5 nitrogen and oxygen atoms in total. The maximum Gasteiger partial charge on any atom is 0.320 e. The van der Waals surface area contributed by atoms with Gasteiger partial charge in [0.25, 0.3) is 0 Å². The predicted octanol–water partition coefficient (Wildman–Crippen LogP) is 2.65. The predicted molar refractivity (Wildman–Crippen MR) is 87.7 cm³/mol. The molecule has 0 aliphatic carbocycles. The van der Waals surface area contributed by atoms with E-state index in [2.05, 4.69) is 16.7 Å². The van der Waals surface area contributed by atoms with Gasteiger partial charge in [0.2, 0.25) is 0 Å². The molecule has 3 N–H and O–H groups in total. The Morgan fingerprint density at radius 2 is 2.32 bits per heavy atom. The van der Waals surface area contributed by atoms with E-state index in [1.807, 2.05) is 32.9 Å². The molecule has 0 bridgehead atoms. The lowest BCUT2D eigenvalue weighted by molar-refractivity contribution is -0.139. The number of rotatable bonds is 7. The van der Waals surface area contributed by atoms with Gasteiger partial charge in [0.05, 0.1) is 12.2 Å². The smallest absolute Gasteiger partial charge is 0.320 e. The fourth-order valence-corrected chi connectivity index (χ4v) is 2.78. The standard InChI is InChI=1S/C17H26N2O3/c1-4-5-14(17(20)21)19-11(2)8-13-6-7-16-15(9-13)18-10-12(3)22-16/h6-7,9,11-12,14,18-19H,4-5,8,10H2,1-3H3,(H,20,21). The van der Waals surface area contributed by atoms with Crippen molar-refractivity contribution in [2.75, 3.05) is 11.9 Å². The Morgan fingerprint density at radius 1 is 1.55 bits per heavy atom. The van der Waals surface area contributed by atoms with Gasteiger partial charge in [-0.25, -0.2) is 0 Å². The number of ether oxygens (including phenoxy) is 1. The fourth-order valence-electron chi connectivity index (χ4n) is 2.78. The summed E-state index contributed by atoms with van der Waals surface area (Å²) in [5, 5.41) is 15.8. The van der Waals surface area contributed by atoms with Crippen molar-refractivity contribution in [1.29, 1.82) is 0 Å². The zero-order chi connectivity index (χ0) is 16.1. The molecule has 1 aliphatic rings. The third-order valence-corrected chi connectivity index (χ3v) is 3.86. The summed E-state index contributed by atoms with van der Waals surface area (Å²) in [4.78, 5) is 11.2.